The molecule has 0 aliphatic carbocycles. The van der Waals surface area contributed by atoms with Crippen molar-refractivity contribution in [1.82, 2.24) is 15.2 Å². The molecule has 162 valence electrons. The highest BCUT2D eigenvalue weighted by molar-refractivity contribution is 5.89. The van der Waals surface area contributed by atoms with E-state index in [0.717, 1.165) is 27.8 Å². The molecule has 2 amide bonds. The lowest BCUT2D eigenvalue weighted by Gasteiger charge is -2.16. The number of rotatable bonds is 8. The summed E-state index contributed by atoms with van der Waals surface area (Å²) in [5.41, 5.74) is 3.11. The van der Waals surface area contributed by atoms with Crippen LogP contribution in [0.15, 0.2) is 48.7 Å². The van der Waals surface area contributed by atoms with Gasteiger partial charge in [-0.3, -0.25) is 9.59 Å². The van der Waals surface area contributed by atoms with E-state index in [4.69, 9.17) is 4.74 Å². The van der Waals surface area contributed by atoms with Gasteiger partial charge >= 0.3 is 0 Å². The fourth-order valence-electron chi connectivity index (χ4n) is 4.04. The molecule has 0 spiro atoms. The number of nitrogens with zero attached hydrogens (tertiary/aromatic N) is 1. The van der Waals surface area contributed by atoms with E-state index in [2.05, 4.69) is 10.3 Å². The molecular weight excluding hydrogens is 397 g/mol. The minimum Gasteiger partial charge on any atom is -0.497 e. The number of hydrogen-bond acceptors (Lipinski definition) is 3. The van der Waals surface area contributed by atoms with Gasteiger partial charge in [0, 0.05) is 43.2 Å². The van der Waals surface area contributed by atoms with Crippen molar-refractivity contribution in [1.29, 1.82) is 0 Å². The molecule has 0 bridgehead atoms. The van der Waals surface area contributed by atoms with Gasteiger partial charge in [-0.05, 0) is 54.3 Å². The number of likely N-dealkylation sites (tertiary alicyclic amines) is 1. The van der Waals surface area contributed by atoms with Crippen LogP contribution in [0.3, 0.4) is 0 Å². The number of benzene rings is 2. The summed E-state index contributed by atoms with van der Waals surface area (Å²) in [5, 5.41) is 4.05. The van der Waals surface area contributed by atoms with Crippen LogP contribution >= 0.6 is 0 Å². The fraction of sp³-hybridized carbons (Fsp3) is 0.333. The predicted octanol–water partition coefficient (Wildman–Crippen LogP) is 3.07. The highest BCUT2D eigenvalue weighted by atomic mass is 19.1. The smallest absolute Gasteiger partial charge is 0.225 e. The number of carbonyl (C=O) groups excluding carboxylic acids is 2. The van der Waals surface area contributed by atoms with Gasteiger partial charge in [-0.15, -0.1) is 0 Å². The third-order valence-corrected chi connectivity index (χ3v) is 5.84. The number of amides is 2. The van der Waals surface area contributed by atoms with Crippen molar-refractivity contribution in [3.8, 4) is 5.75 Å². The summed E-state index contributed by atoms with van der Waals surface area (Å²) in [4.78, 5) is 29.8. The van der Waals surface area contributed by atoms with Crippen LogP contribution in [0, 0.1) is 11.7 Å². The van der Waals surface area contributed by atoms with Gasteiger partial charge in [0.05, 0.1) is 13.0 Å². The largest absolute Gasteiger partial charge is 0.497 e. The number of halogens is 1. The second-order valence-electron chi connectivity index (χ2n) is 7.88. The highest BCUT2D eigenvalue weighted by Crippen LogP contribution is 2.24. The molecule has 2 heterocycles. The van der Waals surface area contributed by atoms with Crippen molar-refractivity contribution < 1.29 is 18.7 Å². The van der Waals surface area contributed by atoms with Crippen molar-refractivity contribution in [3.05, 3.63) is 65.6 Å². The second kappa shape index (κ2) is 9.20. The molecule has 0 radical (unpaired) electrons. The van der Waals surface area contributed by atoms with Gasteiger partial charge < -0.3 is 19.9 Å². The Labute approximate surface area is 180 Å². The quantitative estimate of drug-likeness (QED) is 0.585. The lowest BCUT2D eigenvalue weighted by molar-refractivity contribution is -0.129. The third-order valence-electron chi connectivity index (χ3n) is 5.84. The molecule has 0 saturated carbocycles. The summed E-state index contributed by atoms with van der Waals surface area (Å²) in [7, 11) is 1.64. The number of H-pyrrole nitrogens is 1. The molecule has 1 aliphatic heterocycles. The average Bonchev–Trinajstić information content (AvgIpc) is 3.36. The van der Waals surface area contributed by atoms with Crippen molar-refractivity contribution >= 4 is 22.7 Å². The Bertz CT molecular complexity index is 1080. The van der Waals surface area contributed by atoms with Crippen molar-refractivity contribution in [2.75, 3.05) is 26.7 Å². The third kappa shape index (κ3) is 4.87. The number of aromatic nitrogens is 1. The summed E-state index contributed by atoms with van der Waals surface area (Å²) in [6, 6.07) is 12.1. The molecule has 1 saturated heterocycles. The maximum atomic E-state index is 13.0. The SMILES string of the molecule is COc1ccc2[nH]cc(CCNC(=O)[C@H]3CC(=O)N(CCc4ccc(F)cc4)C3)c2c1. The van der Waals surface area contributed by atoms with Crippen LogP contribution in [0.4, 0.5) is 4.39 Å². The molecule has 7 heteroatoms. The van der Waals surface area contributed by atoms with Crippen LogP contribution in [0.2, 0.25) is 0 Å². The normalized spacial score (nSPS) is 16.1. The van der Waals surface area contributed by atoms with E-state index in [1.165, 1.54) is 12.1 Å². The Kier molecular flexibility index (Phi) is 6.21. The maximum Gasteiger partial charge on any atom is 0.225 e. The summed E-state index contributed by atoms with van der Waals surface area (Å²) < 4.78 is 18.3. The van der Waals surface area contributed by atoms with Gasteiger partial charge in [0.1, 0.15) is 11.6 Å². The molecule has 2 aromatic carbocycles. The molecule has 31 heavy (non-hydrogen) atoms. The molecule has 1 atom stereocenters. The minimum atomic E-state index is -0.330. The zero-order valence-electron chi connectivity index (χ0n) is 17.5. The first-order chi connectivity index (χ1) is 15.0. The van der Waals surface area contributed by atoms with E-state index in [1.54, 1.807) is 24.1 Å². The van der Waals surface area contributed by atoms with Gasteiger partial charge in [-0.1, -0.05) is 12.1 Å². The molecule has 1 aromatic heterocycles. The van der Waals surface area contributed by atoms with E-state index in [9.17, 15) is 14.0 Å². The second-order valence-corrected chi connectivity index (χ2v) is 7.88. The van der Waals surface area contributed by atoms with E-state index >= 15 is 0 Å². The minimum absolute atomic E-state index is 0.00835. The number of carbonyl (C=O) groups is 2. The number of aromatic amines is 1. The summed E-state index contributed by atoms with van der Waals surface area (Å²) in [5.74, 6) is 0.0944. The van der Waals surface area contributed by atoms with E-state index < -0.39 is 0 Å². The van der Waals surface area contributed by atoms with Gasteiger partial charge in [0.25, 0.3) is 0 Å². The molecule has 1 fully saturated rings. The Hall–Kier alpha value is -3.35. The van der Waals surface area contributed by atoms with Crippen LogP contribution in [0.25, 0.3) is 10.9 Å². The van der Waals surface area contributed by atoms with Crippen molar-refractivity contribution in [2.45, 2.75) is 19.3 Å². The van der Waals surface area contributed by atoms with Crippen molar-refractivity contribution in [2.24, 2.45) is 5.92 Å². The first kappa shape index (κ1) is 20.9. The summed E-state index contributed by atoms with van der Waals surface area (Å²) in [6.07, 6.45) is 3.52. The van der Waals surface area contributed by atoms with Gasteiger partial charge in [-0.25, -0.2) is 4.39 Å². The standard InChI is InChI=1S/C24H26FN3O3/c1-31-20-6-7-22-21(13-20)17(14-27-22)8-10-26-24(30)18-12-23(29)28(15-18)11-9-16-2-4-19(25)5-3-16/h2-7,13-14,18,27H,8-12,15H2,1H3,(H,26,30)/t18-/m0/s1. The van der Waals surface area contributed by atoms with E-state index in [1.807, 2.05) is 24.4 Å². The molecule has 4 rings (SSSR count). The lowest BCUT2D eigenvalue weighted by Crippen LogP contribution is -2.34. The van der Waals surface area contributed by atoms with Gasteiger partial charge in [0.2, 0.25) is 11.8 Å². The molecule has 2 N–H and O–H groups in total. The summed E-state index contributed by atoms with van der Waals surface area (Å²) in [6.45, 7) is 1.46. The Balaban J connectivity index is 1.26. The van der Waals surface area contributed by atoms with Crippen LogP contribution in [0.5, 0.6) is 5.75 Å². The van der Waals surface area contributed by atoms with Crippen LogP contribution in [0.1, 0.15) is 17.5 Å². The molecule has 0 unspecified atom stereocenters. The topological polar surface area (TPSA) is 74.4 Å². The average molecular weight is 423 g/mol. The Morgan fingerprint density at radius 2 is 2.03 bits per heavy atom. The zero-order chi connectivity index (χ0) is 21.8. The van der Waals surface area contributed by atoms with Gasteiger partial charge in [0.15, 0.2) is 0 Å². The number of hydrogen-bond donors (Lipinski definition) is 2. The van der Waals surface area contributed by atoms with Crippen LogP contribution in [-0.4, -0.2) is 48.4 Å². The first-order valence-corrected chi connectivity index (χ1v) is 10.5. The maximum absolute atomic E-state index is 13.0. The van der Waals surface area contributed by atoms with E-state index in [0.29, 0.717) is 32.5 Å². The highest BCUT2D eigenvalue weighted by Gasteiger charge is 2.33. The molecule has 3 aromatic rings. The number of nitrogens with one attached hydrogen (secondary N) is 2. The Morgan fingerprint density at radius 1 is 1.23 bits per heavy atom. The predicted molar refractivity (Wildman–Crippen MR) is 116 cm³/mol. The number of ether oxygens (including phenoxy) is 1. The molecule has 1 aliphatic rings. The first-order valence-electron chi connectivity index (χ1n) is 10.5. The van der Waals surface area contributed by atoms with E-state index in [-0.39, 0.29) is 30.0 Å². The number of fused-ring (bicyclic) bond motifs is 1. The monoisotopic (exact) mass is 423 g/mol. The van der Waals surface area contributed by atoms with Gasteiger partial charge in [-0.2, -0.15) is 0 Å². The Morgan fingerprint density at radius 3 is 2.81 bits per heavy atom. The lowest BCUT2D eigenvalue weighted by atomic mass is 10.1. The van der Waals surface area contributed by atoms with Crippen LogP contribution in [-0.2, 0) is 22.4 Å². The molecular formula is C24H26FN3O3. The number of methoxy groups -OCH3 is 1. The summed E-state index contributed by atoms with van der Waals surface area (Å²) >= 11 is 0. The molecule has 6 nitrogen and oxygen atoms in total. The van der Waals surface area contributed by atoms with Crippen molar-refractivity contribution in [3.63, 3.8) is 0 Å². The van der Waals surface area contributed by atoms with Crippen LogP contribution < -0.4 is 10.1 Å². The fourth-order valence-corrected chi connectivity index (χ4v) is 4.04. The zero-order valence-corrected chi connectivity index (χ0v) is 17.5.